The summed E-state index contributed by atoms with van der Waals surface area (Å²) in [4.78, 5) is 0. The highest BCUT2D eigenvalue weighted by Crippen LogP contribution is 2.30. The molecule has 3 aromatic rings. The molecule has 0 N–H and O–H groups in total. The van der Waals surface area contributed by atoms with Gasteiger partial charge in [0.25, 0.3) is 0 Å². The molecule has 1 radical (unpaired) electrons. The van der Waals surface area contributed by atoms with E-state index < -0.39 is 5.95 Å². The number of rotatable bonds is 2. The number of ether oxygens (including phenoxy) is 1. The van der Waals surface area contributed by atoms with Gasteiger partial charge in [0.2, 0.25) is 5.95 Å². The molecule has 0 saturated carbocycles. The minimum absolute atomic E-state index is 0.412. The maximum atomic E-state index is 14.2. The fraction of sp³-hybridized carbons (Fsp3) is 0.125. The summed E-state index contributed by atoms with van der Waals surface area (Å²) in [6, 6.07) is 16.0. The molecule has 0 aliphatic heterocycles. The average Bonchev–Trinajstić information content (AvgIpc) is 2.74. The molecule has 0 bridgehead atoms. The van der Waals surface area contributed by atoms with E-state index in [1.807, 2.05) is 43.3 Å². The predicted molar refractivity (Wildman–Crippen MR) is 73.4 cm³/mol. The zero-order chi connectivity index (χ0) is 13.4. The topological polar surface area (TPSA) is 14.2 Å². The molecule has 0 aliphatic carbocycles. The molecule has 2 nitrogen and oxygen atoms in total. The molecule has 1 heterocycles. The molecule has 0 spiro atoms. The molecule has 19 heavy (non-hydrogen) atoms. The Hall–Kier alpha value is -2.29. The Balaban J connectivity index is 2.32. The van der Waals surface area contributed by atoms with Gasteiger partial charge in [0.1, 0.15) is 5.75 Å². The second-order valence-corrected chi connectivity index (χ2v) is 4.44. The molecule has 1 aromatic heterocycles. The first-order valence-electron chi connectivity index (χ1n) is 6.04. The largest absolute Gasteiger partial charge is 0.496 e. The Morgan fingerprint density at radius 2 is 1.95 bits per heavy atom. The summed E-state index contributed by atoms with van der Waals surface area (Å²) in [5.74, 6) is 0.216. The van der Waals surface area contributed by atoms with Gasteiger partial charge in [0, 0.05) is 5.69 Å². The van der Waals surface area contributed by atoms with Crippen molar-refractivity contribution >= 4 is 10.9 Å². The van der Waals surface area contributed by atoms with Crippen molar-refractivity contribution in [2.45, 2.75) is 6.92 Å². The highest BCUT2D eigenvalue weighted by molar-refractivity contribution is 5.87. The lowest BCUT2D eigenvalue weighted by molar-refractivity contribution is 0.419. The molecular formula is C16H13FNO. The Kier molecular flexibility index (Phi) is 2.75. The predicted octanol–water partition coefficient (Wildman–Crippen LogP) is 3.89. The van der Waals surface area contributed by atoms with Crippen molar-refractivity contribution in [1.29, 1.82) is 0 Å². The SMILES string of the molecule is COc1cccc2c1[c]c(F)n2-c1cccc(C)c1. The normalized spacial score (nSPS) is 10.9. The van der Waals surface area contributed by atoms with E-state index in [0.717, 1.165) is 16.8 Å². The second kappa shape index (κ2) is 4.43. The van der Waals surface area contributed by atoms with Crippen LogP contribution in [0.4, 0.5) is 4.39 Å². The Morgan fingerprint density at radius 1 is 1.16 bits per heavy atom. The third-order valence-electron chi connectivity index (χ3n) is 3.15. The number of halogens is 1. The monoisotopic (exact) mass is 254 g/mol. The van der Waals surface area contributed by atoms with Crippen molar-refractivity contribution in [3.8, 4) is 11.4 Å². The number of benzene rings is 2. The van der Waals surface area contributed by atoms with Crippen molar-refractivity contribution in [2.75, 3.05) is 7.11 Å². The third-order valence-corrected chi connectivity index (χ3v) is 3.15. The number of methoxy groups -OCH3 is 1. The van der Waals surface area contributed by atoms with Crippen molar-refractivity contribution in [2.24, 2.45) is 0 Å². The molecule has 0 atom stereocenters. The average molecular weight is 254 g/mol. The molecule has 0 saturated heterocycles. The van der Waals surface area contributed by atoms with Crippen molar-refractivity contribution < 1.29 is 9.13 Å². The summed E-state index contributed by atoms with van der Waals surface area (Å²) < 4.78 is 21.0. The molecule has 0 aliphatic rings. The van der Waals surface area contributed by atoms with E-state index >= 15 is 0 Å². The fourth-order valence-electron chi connectivity index (χ4n) is 2.29. The standard InChI is InChI=1S/C16H13FNO/c1-11-5-3-6-12(9-11)18-14-7-4-8-15(19-2)13(14)10-16(18)17/h3-9H,1-2H3. The Labute approximate surface area is 111 Å². The van der Waals surface area contributed by atoms with Gasteiger partial charge < -0.3 is 4.74 Å². The van der Waals surface area contributed by atoms with Crippen LogP contribution in [0.2, 0.25) is 0 Å². The maximum Gasteiger partial charge on any atom is 0.207 e. The van der Waals surface area contributed by atoms with Gasteiger partial charge in [-0.1, -0.05) is 18.2 Å². The lowest BCUT2D eigenvalue weighted by atomic mass is 10.2. The molecule has 0 unspecified atom stereocenters. The zero-order valence-corrected chi connectivity index (χ0v) is 10.8. The first-order valence-corrected chi connectivity index (χ1v) is 6.04. The second-order valence-electron chi connectivity index (χ2n) is 4.44. The van der Waals surface area contributed by atoms with Gasteiger partial charge in [-0.2, -0.15) is 4.39 Å². The van der Waals surface area contributed by atoms with Gasteiger partial charge in [-0.05, 0) is 36.8 Å². The smallest absolute Gasteiger partial charge is 0.207 e. The van der Waals surface area contributed by atoms with Gasteiger partial charge in [-0.3, -0.25) is 4.57 Å². The number of aromatic nitrogens is 1. The number of hydrogen-bond acceptors (Lipinski definition) is 1. The van der Waals surface area contributed by atoms with Crippen LogP contribution in [-0.4, -0.2) is 11.7 Å². The molecule has 3 heteroatoms. The van der Waals surface area contributed by atoms with E-state index in [2.05, 4.69) is 6.07 Å². The van der Waals surface area contributed by atoms with Crippen LogP contribution in [0.25, 0.3) is 16.6 Å². The summed E-state index contributed by atoms with van der Waals surface area (Å²) in [5.41, 5.74) is 2.63. The highest BCUT2D eigenvalue weighted by atomic mass is 19.1. The van der Waals surface area contributed by atoms with Crippen molar-refractivity contribution in [1.82, 2.24) is 4.57 Å². The molecule has 3 rings (SSSR count). The summed E-state index contributed by atoms with van der Waals surface area (Å²) in [6.07, 6.45) is 0. The van der Waals surface area contributed by atoms with Crippen molar-refractivity contribution in [3.63, 3.8) is 0 Å². The van der Waals surface area contributed by atoms with Gasteiger partial charge in [0.05, 0.1) is 24.1 Å². The summed E-state index contributed by atoms with van der Waals surface area (Å²) in [5, 5.41) is 0.656. The molecule has 0 amide bonds. The van der Waals surface area contributed by atoms with Crippen LogP contribution in [0.1, 0.15) is 5.56 Å². The highest BCUT2D eigenvalue weighted by Gasteiger charge is 2.13. The van der Waals surface area contributed by atoms with E-state index in [0.29, 0.717) is 11.1 Å². The van der Waals surface area contributed by atoms with Crippen LogP contribution >= 0.6 is 0 Å². The van der Waals surface area contributed by atoms with E-state index in [4.69, 9.17) is 4.74 Å². The lowest BCUT2D eigenvalue weighted by Gasteiger charge is -2.08. The fourth-order valence-corrected chi connectivity index (χ4v) is 2.29. The molecular weight excluding hydrogens is 241 g/mol. The van der Waals surface area contributed by atoms with E-state index in [1.165, 1.54) is 0 Å². The summed E-state index contributed by atoms with van der Waals surface area (Å²) in [7, 11) is 1.57. The molecule has 2 aromatic carbocycles. The summed E-state index contributed by atoms with van der Waals surface area (Å²) >= 11 is 0. The third kappa shape index (κ3) is 1.87. The first kappa shape index (κ1) is 11.8. The van der Waals surface area contributed by atoms with E-state index in [9.17, 15) is 4.39 Å². The van der Waals surface area contributed by atoms with Gasteiger partial charge in [-0.15, -0.1) is 0 Å². The van der Waals surface area contributed by atoms with Crippen LogP contribution < -0.4 is 4.74 Å². The zero-order valence-electron chi connectivity index (χ0n) is 10.8. The minimum Gasteiger partial charge on any atom is -0.496 e. The first-order chi connectivity index (χ1) is 9.20. The summed E-state index contributed by atoms with van der Waals surface area (Å²) in [6.45, 7) is 1.98. The quantitative estimate of drug-likeness (QED) is 0.676. The number of aryl methyl sites for hydroxylation is 1. The Bertz CT molecular complexity index is 746. The van der Waals surface area contributed by atoms with Gasteiger partial charge >= 0.3 is 0 Å². The number of hydrogen-bond donors (Lipinski definition) is 0. The minimum atomic E-state index is -0.412. The van der Waals surface area contributed by atoms with Gasteiger partial charge in [-0.25, -0.2) is 0 Å². The van der Waals surface area contributed by atoms with E-state index in [1.54, 1.807) is 17.7 Å². The molecule has 0 fully saturated rings. The Morgan fingerprint density at radius 3 is 2.68 bits per heavy atom. The number of fused-ring (bicyclic) bond motifs is 1. The van der Waals surface area contributed by atoms with Crippen LogP contribution in [0.5, 0.6) is 5.75 Å². The van der Waals surface area contributed by atoms with Crippen molar-refractivity contribution in [3.05, 3.63) is 60.0 Å². The van der Waals surface area contributed by atoms with Gasteiger partial charge in [0.15, 0.2) is 0 Å². The van der Waals surface area contributed by atoms with Crippen LogP contribution in [0.15, 0.2) is 42.5 Å². The lowest BCUT2D eigenvalue weighted by Crippen LogP contribution is -1.97. The van der Waals surface area contributed by atoms with E-state index in [-0.39, 0.29) is 0 Å². The number of nitrogens with zero attached hydrogens (tertiary/aromatic N) is 1. The van der Waals surface area contributed by atoms with Crippen LogP contribution in [0, 0.1) is 18.9 Å². The van der Waals surface area contributed by atoms with Crippen LogP contribution in [-0.2, 0) is 0 Å². The molecule has 95 valence electrons. The maximum absolute atomic E-state index is 14.2. The van der Waals surface area contributed by atoms with Crippen LogP contribution in [0.3, 0.4) is 0 Å².